The first-order valence-corrected chi connectivity index (χ1v) is 5.58. The zero-order valence-corrected chi connectivity index (χ0v) is 9.94. The first kappa shape index (κ1) is 14.8. The fraction of sp³-hybridized carbons (Fsp3) is 0.667. The lowest BCUT2D eigenvalue weighted by Crippen LogP contribution is -2.16. The largest absolute Gasteiger partial charge is 0.465 e. The van der Waals surface area contributed by atoms with Gasteiger partial charge in [0.25, 0.3) is 0 Å². The summed E-state index contributed by atoms with van der Waals surface area (Å²) in [6.45, 7) is 4.11. The van der Waals surface area contributed by atoms with Crippen molar-refractivity contribution in [1.29, 1.82) is 0 Å². The third kappa shape index (κ3) is 8.17. The van der Waals surface area contributed by atoms with Crippen LogP contribution in [0.3, 0.4) is 0 Å². The zero-order chi connectivity index (χ0) is 12.4. The van der Waals surface area contributed by atoms with Crippen LogP contribution in [0.2, 0.25) is 0 Å². The molecule has 0 saturated heterocycles. The van der Waals surface area contributed by atoms with Gasteiger partial charge in [0.15, 0.2) is 0 Å². The van der Waals surface area contributed by atoms with Crippen molar-refractivity contribution < 1.29 is 19.4 Å². The van der Waals surface area contributed by atoms with E-state index >= 15 is 0 Å². The lowest BCUT2D eigenvalue weighted by molar-refractivity contribution is -0.146. The molecule has 0 aromatic heterocycles. The minimum absolute atomic E-state index is 0.0345. The molecule has 0 bridgehead atoms. The van der Waals surface area contributed by atoms with Gasteiger partial charge in [0, 0.05) is 6.42 Å². The number of ketones is 1. The number of Topliss-reactive ketones (excluding diaryl/α,β-unsaturated/α-hetero) is 1. The van der Waals surface area contributed by atoms with Gasteiger partial charge in [-0.1, -0.05) is 25.5 Å². The van der Waals surface area contributed by atoms with Gasteiger partial charge in [0.05, 0.1) is 12.7 Å². The van der Waals surface area contributed by atoms with E-state index in [1.54, 1.807) is 13.0 Å². The van der Waals surface area contributed by atoms with Gasteiger partial charge in [-0.25, -0.2) is 0 Å². The van der Waals surface area contributed by atoms with Crippen LogP contribution in [0, 0.1) is 0 Å². The molecule has 16 heavy (non-hydrogen) atoms. The Morgan fingerprint density at radius 2 is 2.12 bits per heavy atom. The number of allylic oxidation sites excluding steroid dienone is 1. The quantitative estimate of drug-likeness (QED) is 0.297. The Bertz CT molecular complexity index is 245. The second kappa shape index (κ2) is 9.09. The smallest absolute Gasteiger partial charge is 0.313 e. The molecule has 1 atom stereocenters. The van der Waals surface area contributed by atoms with Crippen LogP contribution in [0.15, 0.2) is 12.2 Å². The van der Waals surface area contributed by atoms with Gasteiger partial charge in [0.1, 0.15) is 12.2 Å². The maximum atomic E-state index is 11.3. The highest BCUT2D eigenvalue weighted by Crippen LogP contribution is 2.00. The first-order chi connectivity index (χ1) is 7.60. The summed E-state index contributed by atoms with van der Waals surface area (Å²) in [5.74, 6) is -0.807. The Hall–Kier alpha value is -1.16. The van der Waals surface area contributed by atoms with Gasteiger partial charge in [-0.15, -0.1) is 0 Å². The molecular weight excluding hydrogens is 208 g/mol. The van der Waals surface area contributed by atoms with E-state index in [2.05, 4.69) is 0 Å². The maximum absolute atomic E-state index is 11.3. The average molecular weight is 228 g/mol. The van der Waals surface area contributed by atoms with Gasteiger partial charge in [-0.3, -0.25) is 9.59 Å². The Kier molecular flexibility index (Phi) is 8.43. The predicted molar refractivity (Wildman–Crippen MR) is 60.9 cm³/mol. The van der Waals surface area contributed by atoms with Crippen LogP contribution < -0.4 is 0 Å². The fourth-order valence-corrected chi connectivity index (χ4v) is 1.14. The van der Waals surface area contributed by atoms with Crippen molar-refractivity contribution in [2.24, 2.45) is 0 Å². The summed E-state index contributed by atoms with van der Waals surface area (Å²) in [4.78, 5) is 22.4. The van der Waals surface area contributed by atoms with Gasteiger partial charge in [-0.2, -0.15) is 0 Å². The normalized spacial score (nSPS) is 12.7. The van der Waals surface area contributed by atoms with Crippen LogP contribution >= 0.6 is 0 Å². The van der Waals surface area contributed by atoms with E-state index in [0.29, 0.717) is 6.61 Å². The summed E-state index contributed by atoms with van der Waals surface area (Å²) in [6, 6.07) is 0. The molecule has 0 spiro atoms. The first-order valence-electron chi connectivity index (χ1n) is 5.58. The Labute approximate surface area is 96.3 Å². The van der Waals surface area contributed by atoms with Crippen molar-refractivity contribution >= 4 is 11.8 Å². The highest BCUT2D eigenvalue weighted by molar-refractivity contribution is 5.95. The van der Waals surface area contributed by atoms with E-state index in [1.165, 1.54) is 6.08 Å². The van der Waals surface area contributed by atoms with Crippen LogP contribution in [0.1, 0.15) is 39.5 Å². The third-order valence-corrected chi connectivity index (χ3v) is 1.95. The molecule has 0 heterocycles. The number of aliphatic hydroxyl groups is 1. The summed E-state index contributed by atoms with van der Waals surface area (Å²) in [5.41, 5.74) is 0. The van der Waals surface area contributed by atoms with E-state index in [-0.39, 0.29) is 18.6 Å². The second-order valence-electron chi connectivity index (χ2n) is 3.59. The zero-order valence-electron chi connectivity index (χ0n) is 9.94. The van der Waals surface area contributed by atoms with E-state index in [4.69, 9.17) is 4.74 Å². The number of esters is 1. The van der Waals surface area contributed by atoms with Crippen molar-refractivity contribution in [3.8, 4) is 0 Å². The van der Waals surface area contributed by atoms with E-state index in [9.17, 15) is 14.7 Å². The van der Waals surface area contributed by atoms with Crippen LogP contribution in [0.25, 0.3) is 0 Å². The number of rotatable bonds is 8. The number of aliphatic hydroxyl groups excluding tert-OH is 1. The molecule has 0 amide bonds. The molecule has 1 N–H and O–H groups in total. The highest BCUT2D eigenvalue weighted by Gasteiger charge is 2.13. The minimum Gasteiger partial charge on any atom is -0.465 e. The summed E-state index contributed by atoms with van der Waals surface area (Å²) < 4.78 is 4.84. The molecule has 0 unspecified atom stereocenters. The molecule has 0 aliphatic carbocycles. The molecule has 92 valence electrons. The Morgan fingerprint density at radius 3 is 2.69 bits per heavy atom. The monoisotopic (exact) mass is 228 g/mol. The molecule has 0 aliphatic heterocycles. The number of carbonyl (C=O) groups excluding carboxylic acids is 2. The molecule has 4 nitrogen and oxygen atoms in total. The van der Waals surface area contributed by atoms with Crippen molar-refractivity contribution in [2.45, 2.75) is 45.6 Å². The number of hydrogen-bond acceptors (Lipinski definition) is 4. The fourth-order valence-electron chi connectivity index (χ4n) is 1.14. The lowest BCUT2D eigenvalue weighted by atomic mass is 10.1. The van der Waals surface area contributed by atoms with Crippen molar-refractivity contribution in [1.82, 2.24) is 0 Å². The molecular formula is C12H20O4. The SMILES string of the molecule is C/C=C/[C@@H](O)CC(=O)CC(=O)OCCCC. The predicted octanol–water partition coefficient (Wildman–Crippen LogP) is 1.62. The van der Waals surface area contributed by atoms with E-state index in [1.807, 2.05) is 6.92 Å². The van der Waals surface area contributed by atoms with Crippen molar-refractivity contribution in [2.75, 3.05) is 6.61 Å². The van der Waals surface area contributed by atoms with Crippen molar-refractivity contribution in [3.05, 3.63) is 12.2 Å². The standard InChI is InChI=1S/C12H20O4/c1-3-5-7-16-12(15)9-11(14)8-10(13)6-4-2/h4,6,10,13H,3,5,7-9H2,1-2H3/b6-4+/t10-/m1/s1. The van der Waals surface area contributed by atoms with Crippen LogP contribution in [0.4, 0.5) is 0 Å². The molecule has 0 rings (SSSR count). The Morgan fingerprint density at radius 1 is 1.44 bits per heavy atom. The van der Waals surface area contributed by atoms with Crippen LogP contribution in [-0.4, -0.2) is 29.6 Å². The average Bonchev–Trinajstić information content (AvgIpc) is 2.17. The topological polar surface area (TPSA) is 63.6 Å². The maximum Gasteiger partial charge on any atom is 0.313 e. The lowest BCUT2D eigenvalue weighted by Gasteiger charge is -2.05. The van der Waals surface area contributed by atoms with E-state index < -0.39 is 12.1 Å². The van der Waals surface area contributed by atoms with Crippen LogP contribution in [0.5, 0.6) is 0 Å². The number of hydrogen-bond donors (Lipinski definition) is 1. The molecule has 0 aromatic rings. The Balaban J connectivity index is 3.74. The summed E-state index contributed by atoms with van der Waals surface area (Å²) in [6.07, 6.45) is 3.84. The second-order valence-corrected chi connectivity index (χ2v) is 3.59. The highest BCUT2D eigenvalue weighted by atomic mass is 16.5. The minimum atomic E-state index is -0.805. The molecule has 0 aromatic carbocycles. The van der Waals surface area contributed by atoms with Crippen LogP contribution in [-0.2, 0) is 14.3 Å². The molecule has 0 fully saturated rings. The van der Waals surface area contributed by atoms with Gasteiger partial charge >= 0.3 is 5.97 Å². The van der Waals surface area contributed by atoms with E-state index in [0.717, 1.165) is 12.8 Å². The van der Waals surface area contributed by atoms with Crippen molar-refractivity contribution in [3.63, 3.8) is 0 Å². The summed E-state index contributed by atoms with van der Waals surface area (Å²) >= 11 is 0. The summed E-state index contributed by atoms with van der Waals surface area (Å²) in [5, 5.41) is 9.29. The van der Waals surface area contributed by atoms with Gasteiger partial charge in [-0.05, 0) is 13.3 Å². The summed E-state index contributed by atoms with van der Waals surface area (Å²) in [7, 11) is 0. The molecule has 0 aliphatic rings. The van der Waals surface area contributed by atoms with Gasteiger partial charge in [0.2, 0.25) is 0 Å². The number of carbonyl (C=O) groups is 2. The molecule has 0 saturated carbocycles. The third-order valence-electron chi connectivity index (χ3n) is 1.95. The molecule has 0 radical (unpaired) electrons. The number of ether oxygens (including phenoxy) is 1. The number of unbranched alkanes of at least 4 members (excludes halogenated alkanes) is 1. The molecule has 4 heteroatoms. The van der Waals surface area contributed by atoms with Gasteiger partial charge < -0.3 is 9.84 Å².